The summed E-state index contributed by atoms with van der Waals surface area (Å²) in [5.74, 6) is 0.523. The van der Waals surface area contributed by atoms with Gasteiger partial charge in [-0.15, -0.1) is 0 Å². The average Bonchev–Trinajstić information content (AvgIpc) is 2.60. The second kappa shape index (κ2) is 6.26. The van der Waals surface area contributed by atoms with Crippen molar-refractivity contribution >= 4 is 11.8 Å². The molecule has 1 saturated carbocycles. The Balaban J connectivity index is 1.82. The van der Waals surface area contributed by atoms with Gasteiger partial charge in [0.2, 0.25) is 0 Å². The predicted octanol–water partition coefficient (Wildman–Crippen LogP) is 1.94. The number of urea groups is 1. The fraction of sp³-hybridized carbons (Fsp3) is 0.714. The van der Waals surface area contributed by atoms with Gasteiger partial charge in [0.05, 0.1) is 5.60 Å². The van der Waals surface area contributed by atoms with Crippen LogP contribution in [0.3, 0.4) is 0 Å². The van der Waals surface area contributed by atoms with Crippen molar-refractivity contribution in [2.24, 2.45) is 7.05 Å². The summed E-state index contributed by atoms with van der Waals surface area (Å²) in [7, 11) is 1.83. The van der Waals surface area contributed by atoms with Crippen molar-refractivity contribution in [3.8, 4) is 0 Å². The number of anilines is 1. The maximum atomic E-state index is 11.8. The minimum atomic E-state index is -0.756. The van der Waals surface area contributed by atoms with Gasteiger partial charge in [-0.2, -0.15) is 5.10 Å². The first kappa shape index (κ1) is 14.8. The summed E-state index contributed by atoms with van der Waals surface area (Å²) in [4.78, 5) is 11.8. The van der Waals surface area contributed by atoms with E-state index in [1.165, 1.54) is 12.8 Å². The standard InChI is InChI=1S/C14H24N4O2/c1-11-9-12(17-18(11)2)16-13(19)15-10-14(20)7-5-3-4-6-8-14/h9,20H,3-8,10H2,1-2H3,(H2,15,16,17,19). The Kier molecular flexibility index (Phi) is 4.65. The highest BCUT2D eigenvalue weighted by molar-refractivity contribution is 5.88. The van der Waals surface area contributed by atoms with Crippen LogP contribution in [0.25, 0.3) is 0 Å². The van der Waals surface area contributed by atoms with E-state index in [9.17, 15) is 9.90 Å². The Bertz CT molecular complexity index is 442. The molecule has 1 heterocycles. The van der Waals surface area contributed by atoms with Crippen LogP contribution in [-0.2, 0) is 7.05 Å². The quantitative estimate of drug-likeness (QED) is 0.740. The van der Waals surface area contributed by atoms with Gasteiger partial charge in [-0.1, -0.05) is 25.7 Å². The SMILES string of the molecule is Cc1cc(NC(=O)NCC2(O)CCCCCC2)nn1C. The van der Waals surface area contributed by atoms with Gasteiger partial charge in [0.25, 0.3) is 0 Å². The molecule has 0 atom stereocenters. The van der Waals surface area contributed by atoms with Crippen LogP contribution in [0, 0.1) is 6.92 Å². The molecule has 2 rings (SSSR count). The minimum Gasteiger partial charge on any atom is -0.388 e. The second-order valence-corrected chi connectivity index (χ2v) is 5.74. The van der Waals surface area contributed by atoms with Gasteiger partial charge in [0.1, 0.15) is 0 Å². The van der Waals surface area contributed by atoms with Crippen molar-refractivity contribution in [3.05, 3.63) is 11.8 Å². The number of aromatic nitrogens is 2. The summed E-state index contributed by atoms with van der Waals surface area (Å²) in [5.41, 5.74) is 0.219. The molecule has 0 radical (unpaired) electrons. The Hall–Kier alpha value is -1.56. The lowest BCUT2D eigenvalue weighted by atomic mass is 9.95. The Morgan fingerprint density at radius 3 is 2.60 bits per heavy atom. The lowest BCUT2D eigenvalue weighted by Crippen LogP contribution is -2.44. The zero-order valence-corrected chi connectivity index (χ0v) is 12.3. The first-order chi connectivity index (χ1) is 9.48. The molecule has 20 heavy (non-hydrogen) atoms. The molecule has 1 aliphatic carbocycles. The molecular weight excluding hydrogens is 256 g/mol. The van der Waals surface area contributed by atoms with Gasteiger partial charge in [0, 0.05) is 25.4 Å². The molecule has 1 aromatic heterocycles. The Morgan fingerprint density at radius 1 is 1.40 bits per heavy atom. The van der Waals surface area contributed by atoms with E-state index in [2.05, 4.69) is 15.7 Å². The fourth-order valence-corrected chi connectivity index (χ4v) is 2.59. The van der Waals surface area contributed by atoms with Crippen LogP contribution in [0.5, 0.6) is 0 Å². The number of amides is 2. The second-order valence-electron chi connectivity index (χ2n) is 5.74. The van der Waals surface area contributed by atoms with Crippen molar-refractivity contribution in [2.75, 3.05) is 11.9 Å². The molecule has 0 saturated heterocycles. The minimum absolute atomic E-state index is 0.296. The third kappa shape index (κ3) is 3.96. The molecule has 0 spiro atoms. The van der Waals surface area contributed by atoms with E-state index >= 15 is 0 Å². The van der Waals surface area contributed by atoms with E-state index in [0.717, 1.165) is 31.4 Å². The number of carbonyl (C=O) groups is 1. The van der Waals surface area contributed by atoms with Gasteiger partial charge < -0.3 is 10.4 Å². The summed E-state index contributed by atoms with van der Waals surface area (Å²) < 4.78 is 1.70. The van der Waals surface area contributed by atoms with Crippen LogP contribution < -0.4 is 10.6 Å². The third-order valence-corrected chi connectivity index (χ3v) is 3.97. The van der Waals surface area contributed by atoms with Gasteiger partial charge in [0.15, 0.2) is 5.82 Å². The summed E-state index contributed by atoms with van der Waals surface area (Å²) in [5, 5.41) is 20.0. The van der Waals surface area contributed by atoms with Crippen LogP contribution in [-0.4, -0.2) is 33.1 Å². The smallest absolute Gasteiger partial charge is 0.320 e. The maximum Gasteiger partial charge on any atom is 0.320 e. The molecule has 2 amide bonds. The Morgan fingerprint density at radius 2 is 2.05 bits per heavy atom. The first-order valence-corrected chi connectivity index (χ1v) is 7.26. The van der Waals surface area contributed by atoms with Gasteiger partial charge >= 0.3 is 6.03 Å². The number of rotatable bonds is 3. The van der Waals surface area contributed by atoms with Gasteiger partial charge in [-0.3, -0.25) is 10.00 Å². The number of hydrogen-bond acceptors (Lipinski definition) is 3. The lowest BCUT2D eigenvalue weighted by molar-refractivity contribution is 0.0281. The van der Waals surface area contributed by atoms with Crippen LogP contribution in [0.4, 0.5) is 10.6 Å². The van der Waals surface area contributed by atoms with E-state index in [-0.39, 0.29) is 6.03 Å². The van der Waals surface area contributed by atoms with Crippen molar-refractivity contribution < 1.29 is 9.90 Å². The normalized spacial score (nSPS) is 18.4. The zero-order valence-electron chi connectivity index (χ0n) is 12.3. The number of nitrogens with zero attached hydrogens (tertiary/aromatic N) is 2. The lowest BCUT2D eigenvalue weighted by Gasteiger charge is -2.26. The highest BCUT2D eigenvalue weighted by Gasteiger charge is 2.28. The topological polar surface area (TPSA) is 79.2 Å². The number of aryl methyl sites for hydroxylation is 2. The molecule has 3 N–H and O–H groups in total. The van der Waals surface area contributed by atoms with E-state index in [1.807, 2.05) is 14.0 Å². The molecule has 1 aromatic rings. The first-order valence-electron chi connectivity index (χ1n) is 7.26. The molecule has 6 nitrogen and oxygen atoms in total. The van der Waals surface area contributed by atoms with E-state index < -0.39 is 5.60 Å². The largest absolute Gasteiger partial charge is 0.388 e. The van der Waals surface area contributed by atoms with Crippen LogP contribution in [0.1, 0.15) is 44.2 Å². The summed E-state index contributed by atoms with van der Waals surface area (Å²) in [6.45, 7) is 2.22. The molecule has 6 heteroatoms. The van der Waals surface area contributed by atoms with E-state index in [4.69, 9.17) is 0 Å². The summed E-state index contributed by atoms with van der Waals surface area (Å²) >= 11 is 0. The predicted molar refractivity (Wildman–Crippen MR) is 77.6 cm³/mol. The molecule has 0 aromatic carbocycles. The summed E-state index contributed by atoms with van der Waals surface area (Å²) in [6.07, 6.45) is 5.91. The molecule has 112 valence electrons. The highest BCUT2D eigenvalue weighted by Crippen LogP contribution is 2.26. The summed E-state index contributed by atoms with van der Waals surface area (Å²) in [6, 6.07) is 1.49. The molecule has 1 aliphatic rings. The molecule has 1 fully saturated rings. The van der Waals surface area contributed by atoms with E-state index in [0.29, 0.717) is 12.4 Å². The molecule has 0 bridgehead atoms. The fourth-order valence-electron chi connectivity index (χ4n) is 2.59. The van der Waals surface area contributed by atoms with Crippen LogP contribution in [0.15, 0.2) is 6.07 Å². The maximum absolute atomic E-state index is 11.8. The van der Waals surface area contributed by atoms with E-state index in [1.54, 1.807) is 10.7 Å². The monoisotopic (exact) mass is 280 g/mol. The molecule has 0 aliphatic heterocycles. The van der Waals surface area contributed by atoms with Crippen molar-refractivity contribution in [2.45, 2.75) is 51.0 Å². The van der Waals surface area contributed by atoms with Crippen LogP contribution >= 0.6 is 0 Å². The number of nitrogens with one attached hydrogen (secondary N) is 2. The third-order valence-electron chi connectivity index (χ3n) is 3.97. The van der Waals surface area contributed by atoms with Gasteiger partial charge in [-0.05, 0) is 19.8 Å². The van der Waals surface area contributed by atoms with Gasteiger partial charge in [-0.25, -0.2) is 4.79 Å². The highest BCUT2D eigenvalue weighted by atomic mass is 16.3. The molecule has 0 unspecified atom stereocenters. The number of carbonyl (C=O) groups excluding carboxylic acids is 1. The van der Waals surface area contributed by atoms with Crippen molar-refractivity contribution in [3.63, 3.8) is 0 Å². The average molecular weight is 280 g/mol. The van der Waals surface area contributed by atoms with Crippen molar-refractivity contribution in [1.29, 1.82) is 0 Å². The van der Waals surface area contributed by atoms with Crippen LogP contribution in [0.2, 0.25) is 0 Å². The molecular formula is C14H24N4O2. The Labute approximate surface area is 119 Å². The number of aliphatic hydroxyl groups is 1. The zero-order chi connectivity index (χ0) is 14.6. The number of hydrogen-bond donors (Lipinski definition) is 3. The van der Waals surface area contributed by atoms with Crippen molar-refractivity contribution in [1.82, 2.24) is 15.1 Å².